The molecule has 1 aliphatic rings. The molecular weight excluding hydrogens is 204 g/mol. The Balaban J connectivity index is 2.46. The predicted molar refractivity (Wildman–Crippen MR) is 61.3 cm³/mol. The van der Waals surface area contributed by atoms with Gasteiger partial charge in [-0.25, -0.2) is 4.90 Å². The van der Waals surface area contributed by atoms with E-state index in [1.807, 2.05) is 32.0 Å². The number of carbonyl (C=O) groups excluding carboxylic acids is 2. The average Bonchev–Trinajstić information content (AvgIpc) is 2.24. The van der Waals surface area contributed by atoms with E-state index in [1.165, 1.54) is 4.90 Å². The molecule has 0 radical (unpaired) electrons. The van der Waals surface area contributed by atoms with Gasteiger partial charge in [-0.2, -0.15) is 0 Å². The van der Waals surface area contributed by atoms with Gasteiger partial charge >= 0.3 is 0 Å². The van der Waals surface area contributed by atoms with E-state index in [1.54, 1.807) is 0 Å². The minimum atomic E-state index is -0.190. The van der Waals surface area contributed by atoms with Crippen molar-refractivity contribution in [1.82, 2.24) is 5.32 Å². The largest absolute Gasteiger partial charge is 0.300 e. The van der Waals surface area contributed by atoms with E-state index >= 15 is 0 Å². The number of aryl methyl sites for hydroxylation is 1. The normalized spacial score (nSPS) is 16.8. The lowest BCUT2D eigenvalue weighted by Gasteiger charge is -2.27. The zero-order valence-corrected chi connectivity index (χ0v) is 9.41. The van der Waals surface area contributed by atoms with Crippen LogP contribution < -0.4 is 10.2 Å². The highest BCUT2D eigenvalue weighted by molar-refractivity contribution is 6.18. The zero-order valence-electron chi connectivity index (χ0n) is 9.41. The van der Waals surface area contributed by atoms with Gasteiger partial charge in [0.15, 0.2) is 0 Å². The molecule has 0 atom stereocenters. The summed E-state index contributed by atoms with van der Waals surface area (Å²) in [6.07, 6.45) is 0. The topological polar surface area (TPSA) is 49.4 Å². The molecule has 84 valence electrons. The van der Waals surface area contributed by atoms with Crippen LogP contribution in [0.5, 0.6) is 0 Å². The van der Waals surface area contributed by atoms with Crippen molar-refractivity contribution in [1.29, 1.82) is 0 Å². The number of rotatable bonds is 1. The first-order chi connectivity index (χ1) is 7.61. The molecule has 0 aromatic heterocycles. The molecule has 1 aromatic carbocycles. The van der Waals surface area contributed by atoms with Crippen LogP contribution in [0.25, 0.3) is 0 Å². The SMILES string of the molecule is Cc1cccc(N2C(=O)CNCC2=O)c1C. The fraction of sp³-hybridized carbons (Fsp3) is 0.333. The maximum absolute atomic E-state index is 11.7. The fourth-order valence-electron chi connectivity index (χ4n) is 1.82. The summed E-state index contributed by atoms with van der Waals surface area (Å²) in [5.74, 6) is -0.380. The summed E-state index contributed by atoms with van der Waals surface area (Å²) in [6.45, 7) is 4.33. The maximum atomic E-state index is 11.7. The van der Waals surface area contributed by atoms with Crippen molar-refractivity contribution in [3.63, 3.8) is 0 Å². The molecular formula is C12H14N2O2. The Morgan fingerprint density at radius 2 is 1.75 bits per heavy atom. The third-order valence-corrected chi connectivity index (χ3v) is 2.87. The lowest BCUT2D eigenvalue weighted by molar-refractivity contribution is -0.127. The lowest BCUT2D eigenvalue weighted by atomic mass is 10.1. The number of imide groups is 1. The van der Waals surface area contributed by atoms with E-state index in [9.17, 15) is 9.59 Å². The van der Waals surface area contributed by atoms with Gasteiger partial charge in [0, 0.05) is 0 Å². The van der Waals surface area contributed by atoms with Crippen molar-refractivity contribution in [2.75, 3.05) is 18.0 Å². The van der Waals surface area contributed by atoms with E-state index in [0.29, 0.717) is 5.69 Å². The molecule has 0 bridgehead atoms. The smallest absolute Gasteiger partial charge is 0.247 e. The van der Waals surface area contributed by atoms with Crippen LogP contribution >= 0.6 is 0 Å². The first-order valence-electron chi connectivity index (χ1n) is 5.24. The number of hydrogen-bond donors (Lipinski definition) is 1. The Hall–Kier alpha value is -1.68. The highest BCUT2D eigenvalue weighted by atomic mass is 16.2. The molecule has 1 aliphatic heterocycles. The quantitative estimate of drug-likeness (QED) is 0.708. The Morgan fingerprint density at radius 1 is 1.12 bits per heavy atom. The summed E-state index contributed by atoms with van der Waals surface area (Å²) in [5, 5.41) is 2.78. The third kappa shape index (κ3) is 1.72. The molecule has 1 N–H and O–H groups in total. The van der Waals surface area contributed by atoms with Crippen molar-refractivity contribution in [3.05, 3.63) is 29.3 Å². The Bertz CT molecular complexity index is 438. The lowest BCUT2D eigenvalue weighted by Crippen LogP contribution is -2.52. The second-order valence-corrected chi connectivity index (χ2v) is 3.95. The summed E-state index contributed by atoms with van der Waals surface area (Å²) in [5.41, 5.74) is 2.76. The van der Waals surface area contributed by atoms with Gasteiger partial charge in [0.1, 0.15) is 0 Å². The van der Waals surface area contributed by atoms with Gasteiger partial charge in [0.2, 0.25) is 11.8 Å². The van der Waals surface area contributed by atoms with Crippen LogP contribution in [0.1, 0.15) is 11.1 Å². The molecule has 16 heavy (non-hydrogen) atoms. The molecule has 4 nitrogen and oxygen atoms in total. The molecule has 1 fully saturated rings. The second-order valence-electron chi connectivity index (χ2n) is 3.95. The first-order valence-corrected chi connectivity index (χ1v) is 5.24. The first kappa shape index (κ1) is 10.8. The number of benzene rings is 1. The van der Waals surface area contributed by atoms with Crippen LogP contribution in [0.2, 0.25) is 0 Å². The van der Waals surface area contributed by atoms with Gasteiger partial charge in [-0.05, 0) is 31.0 Å². The van der Waals surface area contributed by atoms with Crippen LogP contribution in [-0.4, -0.2) is 24.9 Å². The highest BCUT2D eigenvalue weighted by Gasteiger charge is 2.28. The fourth-order valence-corrected chi connectivity index (χ4v) is 1.82. The van der Waals surface area contributed by atoms with E-state index in [-0.39, 0.29) is 24.9 Å². The molecule has 2 amide bonds. The Kier molecular flexibility index (Phi) is 2.75. The molecule has 2 rings (SSSR count). The number of hydrogen-bond acceptors (Lipinski definition) is 3. The third-order valence-electron chi connectivity index (χ3n) is 2.87. The molecule has 1 heterocycles. The van der Waals surface area contributed by atoms with E-state index in [2.05, 4.69) is 5.32 Å². The molecule has 0 unspecified atom stereocenters. The number of anilines is 1. The molecule has 1 aromatic rings. The molecule has 0 saturated carbocycles. The van der Waals surface area contributed by atoms with Gasteiger partial charge in [0.25, 0.3) is 0 Å². The van der Waals surface area contributed by atoms with Crippen molar-refractivity contribution in [3.8, 4) is 0 Å². The van der Waals surface area contributed by atoms with E-state index in [0.717, 1.165) is 11.1 Å². The van der Waals surface area contributed by atoms with Crippen LogP contribution in [-0.2, 0) is 9.59 Å². The molecule has 0 aliphatic carbocycles. The van der Waals surface area contributed by atoms with Gasteiger partial charge in [-0.1, -0.05) is 12.1 Å². The number of piperazine rings is 1. The van der Waals surface area contributed by atoms with Crippen molar-refractivity contribution in [2.24, 2.45) is 0 Å². The molecule has 4 heteroatoms. The van der Waals surface area contributed by atoms with Gasteiger partial charge in [-0.15, -0.1) is 0 Å². The number of amides is 2. The number of carbonyl (C=O) groups is 2. The summed E-state index contributed by atoms with van der Waals surface area (Å²) >= 11 is 0. The summed E-state index contributed by atoms with van der Waals surface area (Å²) < 4.78 is 0. The van der Waals surface area contributed by atoms with Crippen LogP contribution in [0, 0.1) is 13.8 Å². The van der Waals surface area contributed by atoms with E-state index < -0.39 is 0 Å². The van der Waals surface area contributed by atoms with Crippen LogP contribution in [0.4, 0.5) is 5.69 Å². The summed E-state index contributed by atoms with van der Waals surface area (Å²) in [4.78, 5) is 24.7. The summed E-state index contributed by atoms with van der Waals surface area (Å²) in [7, 11) is 0. The minimum Gasteiger partial charge on any atom is -0.300 e. The van der Waals surface area contributed by atoms with Crippen molar-refractivity contribution in [2.45, 2.75) is 13.8 Å². The standard InChI is InChI=1S/C12H14N2O2/c1-8-4-3-5-10(9(8)2)14-11(15)6-13-7-12(14)16/h3-5,13H,6-7H2,1-2H3. The zero-order chi connectivity index (χ0) is 11.7. The summed E-state index contributed by atoms with van der Waals surface area (Å²) in [6, 6.07) is 5.64. The number of nitrogens with zero attached hydrogens (tertiary/aromatic N) is 1. The van der Waals surface area contributed by atoms with Gasteiger partial charge in [-0.3, -0.25) is 14.9 Å². The monoisotopic (exact) mass is 218 g/mol. The molecule has 0 spiro atoms. The number of nitrogens with one attached hydrogen (secondary N) is 1. The van der Waals surface area contributed by atoms with E-state index in [4.69, 9.17) is 0 Å². The highest BCUT2D eigenvalue weighted by Crippen LogP contribution is 2.23. The predicted octanol–water partition coefficient (Wildman–Crippen LogP) is 0.766. The maximum Gasteiger partial charge on any atom is 0.247 e. The van der Waals surface area contributed by atoms with Gasteiger partial charge < -0.3 is 0 Å². The van der Waals surface area contributed by atoms with Crippen LogP contribution in [0.3, 0.4) is 0 Å². The Morgan fingerprint density at radius 3 is 2.38 bits per heavy atom. The average molecular weight is 218 g/mol. The van der Waals surface area contributed by atoms with Crippen LogP contribution in [0.15, 0.2) is 18.2 Å². The minimum absolute atomic E-state index is 0.190. The van der Waals surface area contributed by atoms with Crippen molar-refractivity contribution >= 4 is 17.5 Å². The Labute approximate surface area is 94.2 Å². The second kappa shape index (κ2) is 4.06. The van der Waals surface area contributed by atoms with Gasteiger partial charge in [0.05, 0.1) is 18.8 Å². The van der Waals surface area contributed by atoms with Crippen molar-refractivity contribution < 1.29 is 9.59 Å². The molecule has 1 saturated heterocycles.